The summed E-state index contributed by atoms with van der Waals surface area (Å²) in [5.74, 6) is -1.98. The van der Waals surface area contributed by atoms with Crippen molar-refractivity contribution in [3.05, 3.63) is 0 Å². The molecular formula is C7H12F2N2O2. The van der Waals surface area contributed by atoms with E-state index in [9.17, 15) is 18.4 Å². The number of nitrogens with one attached hydrogen (secondary N) is 2. The van der Waals surface area contributed by atoms with Gasteiger partial charge in [0.25, 0.3) is 5.91 Å². The zero-order valence-corrected chi connectivity index (χ0v) is 7.65. The number of amides is 2. The molecule has 0 aliphatic carbocycles. The minimum Gasteiger partial charge on any atom is -0.357 e. The standard InChI is InChI=1S/C7H12F2N2O2/c1-7(2,6(13)10-3)11-5(12)4(8)9/h4H,1-3H3,(H,10,13)(H,11,12). The summed E-state index contributed by atoms with van der Waals surface area (Å²) in [4.78, 5) is 21.6. The lowest BCUT2D eigenvalue weighted by molar-refractivity contribution is -0.138. The second kappa shape index (κ2) is 4.15. The number of carbonyl (C=O) groups is 2. The number of alkyl halides is 2. The molecule has 0 aliphatic rings. The lowest BCUT2D eigenvalue weighted by Gasteiger charge is -2.23. The van der Waals surface area contributed by atoms with E-state index in [1.54, 1.807) is 0 Å². The first-order chi connectivity index (χ1) is 5.81. The third kappa shape index (κ3) is 3.35. The predicted molar refractivity (Wildman–Crippen MR) is 42.3 cm³/mol. The van der Waals surface area contributed by atoms with Crippen LogP contribution in [0.2, 0.25) is 0 Å². The number of hydrogen-bond acceptors (Lipinski definition) is 2. The maximum absolute atomic E-state index is 11.8. The van der Waals surface area contributed by atoms with Gasteiger partial charge in [-0.1, -0.05) is 0 Å². The van der Waals surface area contributed by atoms with Gasteiger partial charge in [-0.25, -0.2) is 0 Å². The molecule has 0 heterocycles. The van der Waals surface area contributed by atoms with Crippen molar-refractivity contribution in [2.24, 2.45) is 0 Å². The first-order valence-corrected chi connectivity index (χ1v) is 3.63. The summed E-state index contributed by atoms with van der Waals surface area (Å²) >= 11 is 0. The highest BCUT2D eigenvalue weighted by molar-refractivity contribution is 5.91. The SMILES string of the molecule is CNC(=O)C(C)(C)NC(=O)C(F)F. The van der Waals surface area contributed by atoms with Crippen molar-refractivity contribution in [3.8, 4) is 0 Å². The molecule has 6 heteroatoms. The van der Waals surface area contributed by atoms with Crippen LogP contribution in [0.1, 0.15) is 13.8 Å². The van der Waals surface area contributed by atoms with Gasteiger partial charge >= 0.3 is 6.43 Å². The lowest BCUT2D eigenvalue weighted by atomic mass is 10.1. The van der Waals surface area contributed by atoms with E-state index in [1.165, 1.54) is 20.9 Å². The molecule has 2 N–H and O–H groups in total. The van der Waals surface area contributed by atoms with E-state index in [-0.39, 0.29) is 0 Å². The molecule has 0 aromatic carbocycles. The summed E-state index contributed by atoms with van der Waals surface area (Å²) in [6.45, 7) is 2.68. The molecule has 0 spiro atoms. The van der Waals surface area contributed by atoms with E-state index < -0.39 is 23.8 Å². The average Bonchev–Trinajstić information content (AvgIpc) is 2.01. The summed E-state index contributed by atoms with van der Waals surface area (Å²) in [6.07, 6.45) is -3.11. The van der Waals surface area contributed by atoms with Crippen LogP contribution in [0.4, 0.5) is 8.78 Å². The summed E-state index contributed by atoms with van der Waals surface area (Å²) in [7, 11) is 1.36. The van der Waals surface area contributed by atoms with Crippen molar-refractivity contribution in [1.29, 1.82) is 0 Å². The molecule has 0 rings (SSSR count). The second-order valence-electron chi connectivity index (χ2n) is 2.99. The van der Waals surface area contributed by atoms with Gasteiger partial charge in [0.05, 0.1) is 0 Å². The van der Waals surface area contributed by atoms with E-state index in [0.29, 0.717) is 0 Å². The van der Waals surface area contributed by atoms with E-state index in [1.807, 2.05) is 5.32 Å². The maximum Gasteiger partial charge on any atom is 0.315 e. The summed E-state index contributed by atoms with van der Waals surface area (Å²) in [6, 6.07) is 0. The Bertz CT molecular complexity index is 217. The molecule has 13 heavy (non-hydrogen) atoms. The number of hydrogen-bond donors (Lipinski definition) is 2. The summed E-state index contributed by atoms with van der Waals surface area (Å²) in [5.41, 5.74) is -1.32. The zero-order valence-electron chi connectivity index (χ0n) is 7.65. The average molecular weight is 194 g/mol. The summed E-state index contributed by atoms with van der Waals surface area (Å²) < 4.78 is 23.6. The molecule has 0 saturated carbocycles. The minimum atomic E-state index is -3.11. The normalized spacial score (nSPS) is 11.2. The van der Waals surface area contributed by atoms with Gasteiger partial charge in [-0.2, -0.15) is 8.78 Å². The Morgan fingerprint density at radius 1 is 1.31 bits per heavy atom. The first-order valence-electron chi connectivity index (χ1n) is 3.63. The topological polar surface area (TPSA) is 58.2 Å². The predicted octanol–water partition coefficient (Wildman–Crippen LogP) is -0.108. The summed E-state index contributed by atoms with van der Waals surface area (Å²) in [5, 5.41) is 4.16. The number of rotatable bonds is 3. The zero-order chi connectivity index (χ0) is 10.6. The number of carbonyl (C=O) groups excluding carboxylic acids is 2. The molecule has 2 amide bonds. The minimum absolute atomic E-state index is 0.526. The number of likely N-dealkylation sites (N-methyl/N-ethyl adjacent to an activating group) is 1. The van der Waals surface area contributed by atoms with Gasteiger partial charge in [-0.3, -0.25) is 9.59 Å². The molecule has 0 atom stereocenters. The Hall–Kier alpha value is -1.20. The Labute approximate surface area is 74.7 Å². The fourth-order valence-corrected chi connectivity index (χ4v) is 0.732. The van der Waals surface area contributed by atoms with Crippen molar-refractivity contribution in [2.75, 3.05) is 7.05 Å². The van der Waals surface area contributed by atoms with Gasteiger partial charge in [0, 0.05) is 7.05 Å². The van der Waals surface area contributed by atoms with Crippen molar-refractivity contribution >= 4 is 11.8 Å². The molecule has 0 fully saturated rings. The lowest BCUT2D eigenvalue weighted by Crippen LogP contribution is -2.55. The van der Waals surface area contributed by atoms with Crippen LogP contribution in [-0.2, 0) is 9.59 Å². The van der Waals surface area contributed by atoms with Crippen LogP contribution in [0.3, 0.4) is 0 Å². The smallest absolute Gasteiger partial charge is 0.315 e. The van der Waals surface area contributed by atoms with Gasteiger partial charge in [0.1, 0.15) is 5.54 Å². The maximum atomic E-state index is 11.8. The van der Waals surface area contributed by atoms with Crippen LogP contribution in [0.5, 0.6) is 0 Å². The molecule has 0 radical (unpaired) electrons. The van der Waals surface area contributed by atoms with E-state index in [2.05, 4.69) is 5.32 Å². The van der Waals surface area contributed by atoms with Gasteiger partial charge in [-0.05, 0) is 13.8 Å². The quantitative estimate of drug-likeness (QED) is 0.658. The molecule has 4 nitrogen and oxygen atoms in total. The molecule has 0 unspecified atom stereocenters. The van der Waals surface area contributed by atoms with Gasteiger partial charge in [0.2, 0.25) is 5.91 Å². The molecule has 0 aromatic heterocycles. The van der Waals surface area contributed by atoms with Crippen molar-refractivity contribution in [1.82, 2.24) is 10.6 Å². The van der Waals surface area contributed by atoms with Crippen molar-refractivity contribution < 1.29 is 18.4 Å². The molecule has 0 aliphatic heterocycles. The van der Waals surface area contributed by atoms with Crippen LogP contribution in [0, 0.1) is 0 Å². The second-order valence-corrected chi connectivity index (χ2v) is 2.99. The fourth-order valence-electron chi connectivity index (χ4n) is 0.732. The van der Waals surface area contributed by atoms with Crippen molar-refractivity contribution in [3.63, 3.8) is 0 Å². The third-order valence-electron chi connectivity index (χ3n) is 1.43. The molecule has 0 bridgehead atoms. The van der Waals surface area contributed by atoms with E-state index in [4.69, 9.17) is 0 Å². The van der Waals surface area contributed by atoms with Crippen LogP contribution in [0.15, 0.2) is 0 Å². The Kier molecular flexibility index (Phi) is 3.77. The Balaban J connectivity index is 4.33. The highest BCUT2D eigenvalue weighted by Gasteiger charge is 2.31. The molecule has 0 aromatic rings. The van der Waals surface area contributed by atoms with Gasteiger partial charge < -0.3 is 10.6 Å². The van der Waals surface area contributed by atoms with Crippen molar-refractivity contribution in [2.45, 2.75) is 25.8 Å². The van der Waals surface area contributed by atoms with E-state index in [0.717, 1.165) is 0 Å². The monoisotopic (exact) mass is 194 g/mol. The van der Waals surface area contributed by atoms with Crippen LogP contribution in [0.25, 0.3) is 0 Å². The number of halogens is 2. The highest BCUT2D eigenvalue weighted by atomic mass is 19.3. The fraction of sp³-hybridized carbons (Fsp3) is 0.714. The van der Waals surface area contributed by atoms with Crippen LogP contribution in [-0.4, -0.2) is 30.8 Å². The largest absolute Gasteiger partial charge is 0.357 e. The first kappa shape index (κ1) is 11.8. The van der Waals surface area contributed by atoms with Gasteiger partial charge in [-0.15, -0.1) is 0 Å². The Morgan fingerprint density at radius 2 is 1.77 bits per heavy atom. The van der Waals surface area contributed by atoms with Crippen LogP contribution >= 0.6 is 0 Å². The third-order valence-corrected chi connectivity index (χ3v) is 1.43. The Morgan fingerprint density at radius 3 is 2.08 bits per heavy atom. The van der Waals surface area contributed by atoms with Gasteiger partial charge in [0.15, 0.2) is 0 Å². The molecule has 0 saturated heterocycles. The molecular weight excluding hydrogens is 182 g/mol. The van der Waals surface area contributed by atoms with Crippen LogP contribution < -0.4 is 10.6 Å². The highest BCUT2D eigenvalue weighted by Crippen LogP contribution is 2.03. The van der Waals surface area contributed by atoms with E-state index >= 15 is 0 Å². The molecule has 76 valence electrons.